The van der Waals surface area contributed by atoms with Crippen molar-refractivity contribution >= 4 is 22.9 Å². The molecular weight excluding hydrogens is 490 g/mol. The predicted molar refractivity (Wildman–Crippen MR) is 132 cm³/mol. The van der Waals surface area contributed by atoms with Crippen LogP contribution in [0.2, 0.25) is 0 Å². The molecule has 9 heteroatoms. The number of nitrogens with one attached hydrogen (secondary N) is 1. The van der Waals surface area contributed by atoms with Crippen LogP contribution in [0.1, 0.15) is 21.6 Å². The molecule has 2 atom stereocenters. The van der Waals surface area contributed by atoms with Gasteiger partial charge in [0.25, 0.3) is 0 Å². The van der Waals surface area contributed by atoms with Crippen LogP contribution in [0, 0.1) is 11.7 Å². The number of benzene rings is 2. The molecule has 36 heavy (non-hydrogen) atoms. The number of halogens is 4. The summed E-state index contributed by atoms with van der Waals surface area (Å²) in [6, 6.07) is 14.1. The number of carbonyl (C=O) groups excluding carboxylic acids is 1. The summed E-state index contributed by atoms with van der Waals surface area (Å²) in [5.74, 6) is -0.890. The fraction of sp³-hybridized carbons (Fsp3) is 0.370. The summed E-state index contributed by atoms with van der Waals surface area (Å²) in [5.41, 5.74) is 1.63. The van der Waals surface area contributed by atoms with E-state index in [9.17, 15) is 22.4 Å². The highest BCUT2D eigenvalue weighted by molar-refractivity contribution is 7.09. The van der Waals surface area contributed by atoms with E-state index in [4.69, 9.17) is 0 Å². The van der Waals surface area contributed by atoms with Gasteiger partial charge in [-0.25, -0.2) is 4.39 Å². The molecule has 0 spiro atoms. The third-order valence-corrected chi connectivity index (χ3v) is 7.97. The van der Waals surface area contributed by atoms with Crippen molar-refractivity contribution in [2.24, 2.45) is 5.92 Å². The Bertz CT molecular complexity index is 1200. The smallest absolute Gasteiger partial charge is 0.365 e. The van der Waals surface area contributed by atoms with Gasteiger partial charge in [-0.1, -0.05) is 18.2 Å². The highest BCUT2D eigenvalue weighted by Gasteiger charge is 2.42. The van der Waals surface area contributed by atoms with Crippen molar-refractivity contribution in [2.75, 3.05) is 31.1 Å². The lowest BCUT2D eigenvalue weighted by Crippen LogP contribution is -2.61. The Hall–Kier alpha value is -2.91. The van der Waals surface area contributed by atoms with Crippen LogP contribution in [0.25, 0.3) is 0 Å². The van der Waals surface area contributed by atoms with Gasteiger partial charge in [0.2, 0.25) is 5.91 Å². The van der Waals surface area contributed by atoms with E-state index in [-0.39, 0.29) is 24.2 Å². The average molecular weight is 518 g/mol. The first-order valence-electron chi connectivity index (χ1n) is 12.0. The topological polar surface area (TPSA) is 35.6 Å². The third kappa shape index (κ3) is 5.42. The highest BCUT2D eigenvalue weighted by Crippen LogP contribution is 2.40. The third-order valence-electron chi connectivity index (χ3n) is 7.03. The summed E-state index contributed by atoms with van der Waals surface area (Å²) in [5, 5.41) is 5.02. The van der Waals surface area contributed by atoms with E-state index in [1.807, 2.05) is 17.5 Å². The molecule has 2 aliphatic rings. The van der Waals surface area contributed by atoms with E-state index in [0.717, 1.165) is 23.7 Å². The molecule has 0 aliphatic carbocycles. The first kappa shape index (κ1) is 24.8. The van der Waals surface area contributed by atoms with Gasteiger partial charge in [-0.05, 0) is 65.7 Å². The fourth-order valence-electron chi connectivity index (χ4n) is 5.25. The average Bonchev–Trinajstić information content (AvgIpc) is 3.37. The number of hydrogen-bond donors (Lipinski definition) is 1. The van der Waals surface area contributed by atoms with Crippen LogP contribution in [0.15, 0.2) is 60.0 Å². The van der Waals surface area contributed by atoms with E-state index in [1.165, 1.54) is 23.1 Å². The van der Waals surface area contributed by atoms with Crippen molar-refractivity contribution in [3.8, 4) is 0 Å². The number of rotatable bonds is 6. The van der Waals surface area contributed by atoms with Crippen molar-refractivity contribution in [3.05, 3.63) is 87.4 Å². The lowest BCUT2D eigenvalue weighted by atomic mass is 9.82. The van der Waals surface area contributed by atoms with Gasteiger partial charge < -0.3 is 10.2 Å². The molecule has 2 aromatic carbocycles. The van der Waals surface area contributed by atoms with Gasteiger partial charge >= 0.3 is 6.18 Å². The monoisotopic (exact) mass is 517 g/mol. The van der Waals surface area contributed by atoms with E-state index in [1.54, 1.807) is 29.5 Å². The second-order valence-electron chi connectivity index (χ2n) is 9.39. The normalized spacial score (nSPS) is 20.1. The van der Waals surface area contributed by atoms with Crippen LogP contribution in [-0.4, -0.2) is 43.0 Å². The molecule has 3 aromatic rings. The number of carbonyl (C=O) groups is 1. The number of piperazine rings is 1. The number of thiophene rings is 1. The second kappa shape index (κ2) is 10.2. The Morgan fingerprint density at radius 1 is 1.08 bits per heavy atom. The lowest BCUT2D eigenvalue weighted by molar-refractivity contribution is -0.137. The lowest BCUT2D eigenvalue weighted by Gasteiger charge is -2.49. The summed E-state index contributed by atoms with van der Waals surface area (Å²) in [6.45, 7) is 3.00. The van der Waals surface area contributed by atoms with Gasteiger partial charge in [0.1, 0.15) is 5.82 Å². The molecule has 1 fully saturated rings. The summed E-state index contributed by atoms with van der Waals surface area (Å²) >= 11 is 1.63. The maximum Gasteiger partial charge on any atom is 0.416 e. The number of hydrogen-bond acceptors (Lipinski definition) is 4. The molecule has 190 valence electrons. The van der Waals surface area contributed by atoms with Crippen LogP contribution >= 0.6 is 11.3 Å². The minimum Gasteiger partial charge on any atom is -0.365 e. The van der Waals surface area contributed by atoms with Crippen LogP contribution in [0.3, 0.4) is 0 Å². The van der Waals surface area contributed by atoms with Gasteiger partial charge in [0, 0.05) is 43.3 Å². The van der Waals surface area contributed by atoms with Gasteiger partial charge in [-0.2, -0.15) is 13.2 Å². The van der Waals surface area contributed by atoms with Gasteiger partial charge in [0.15, 0.2) is 0 Å². The quantitative estimate of drug-likeness (QED) is 0.461. The fourth-order valence-corrected chi connectivity index (χ4v) is 5.95. The first-order chi connectivity index (χ1) is 17.3. The summed E-state index contributed by atoms with van der Waals surface area (Å²) in [6.07, 6.45) is -3.45. The Labute approximate surface area is 211 Å². The van der Waals surface area contributed by atoms with Crippen LogP contribution in [0.4, 0.5) is 23.2 Å². The number of nitrogens with zero attached hydrogens (tertiary/aromatic N) is 2. The first-order valence-corrected chi connectivity index (χ1v) is 12.9. The van der Waals surface area contributed by atoms with E-state index in [0.29, 0.717) is 38.3 Å². The molecular formula is C27H27F4N3OS. The maximum absolute atomic E-state index is 13.4. The number of anilines is 1. The maximum atomic E-state index is 13.4. The standard InChI is InChI=1S/C27H27F4N3OS/c28-21-6-3-18(4-7-21)16-33-11-12-34-24-8-5-20(27(29,30)31)14-19(24)15-23(25(34)17-33)26(35)32-10-9-22-2-1-13-36-22/h1-8,13-14,23,25H,9-12,15-17H2,(H,32,35)/t23-,25-/m0/s1. The summed E-state index contributed by atoms with van der Waals surface area (Å²) in [4.78, 5) is 18.9. The Morgan fingerprint density at radius 2 is 1.89 bits per heavy atom. The molecule has 1 N–H and O–H groups in total. The summed E-state index contributed by atoms with van der Waals surface area (Å²) in [7, 11) is 0. The Morgan fingerprint density at radius 3 is 2.61 bits per heavy atom. The van der Waals surface area contributed by atoms with Gasteiger partial charge in [-0.15, -0.1) is 11.3 Å². The Kier molecular flexibility index (Phi) is 7.03. The zero-order valence-electron chi connectivity index (χ0n) is 19.6. The largest absolute Gasteiger partial charge is 0.416 e. The zero-order valence-corrected chi connectivity index (χ0v) is 20.4. The Balaban J connectivity index is 1.37. The number of alkyl halides is 3. The van der Waals surface area contributed by atoms with Crippen LogP contribution < -0.4 is 10.2 Å². The molecule has 0 bridgehead atoms. The molecule has 1 amide bonds. The van der Waals surface area contributed by atoms with Crippen molar-refractivity contribution in [2.45, 2.75) is 31.6 Å². The van der Waals surface area contributed by atoms with E-state index < -0.39 is 17.7 Å². The second-order valence-corrected chi connectivity index (χ2v) is 10.4. The molecule has 0 saturated carbocycles. The van der Waals surface area contributed by atoms with Gasteiger partial charge in [0.05, 0.1) is 17.5 Å². The molecule has 2 aliphatic heterocycles. The molecule has 0 radical (unpaired) electrons. The van der Waals surface area contributed by atoms with Crippen LogP contribution in [0.5, 0.6) is 0 Å². The van der Waals surface area contributed by atoms with Crippen molar-refractivity contribution < 1.29 is 22.4 Å². The minimum absolute atomic E-state index is 0.131. The zero-order chi connectivity index (χ0) is 25.3. The molecule has 4 nitrogen and oxygen atoms in total. The molecule has 0 unspecified atom stereocenters. The van der Waals surface area contributed by atoms with Gasteiger partial charge in [-0.3, -0.25) is 9.69 Å². The molecule has 1 saturated heterocycles. The number of amides is 1. The van der Waals surface area contributed by atoms with E-state index >= 15 is 0 Å². The van der Waals surface area contributed by atoms with Crippen molar-refractivity contribution in [1.29, 1.82) is 0 Å². The SMILES string of the molecule is O=C(NCCc1cccs1)[C@H]1Cc2cc(C(F)(F)F)ccc2N2CCN(Cc3ccc(F)cc3)C[C@@H]12. The van der Waals surface area contributed by atoms with Crippen molar-refractivity contribution in [3.63, 3.8) is 0 Å². The van der Waals surface area contributed by atoms with E-state index in [2.05, 4.69) is 15.1 Å². The minimum atomic E-state index is -4.43. The molecule has 1 aromatic heterocycles. The highest BCUT2D eigenvalue weighted by atomic mass is 32.1. The molecule has 3 heterocycles. The summed E-state index contributed by atoms with van der Waals surface area (Å²) < 4.78 is 53.6. The molecule has 5 rings (SSSR count). The number of fused-ring (bicyclic) bond motifs is 3. The van der Waals surface area contributed by atoms with Crippen LogP contribution in [-0.2, 0) is 30.4 Å². The van der Waals surface area contributed by atoms with Crippen molar-refractivity contribution in [1.82, 2.24) is 10.2 Å². The predicted octanol–water partition coefficient (Wildman–Crippen LogP) is 5.13.